The second kappa shape index (κ2) is 61.6. The van der Waals surface area contributed by atoms with E-state index < -0.39 is 162 Å². The van der Waals surface area contributed by atoms with E-state index >= 15 is 0 Å². The molecule has 6 aromatic carbocycles. The van der Waals surface area contributed by atoms with Crippen molar-refractivity contribution < 1.29 is 206 Å². The standard InChI is InChI=1S/C57H60N4O28.C29H32N2O15.CH4/c1-58(21-48(67)68)43-12-6-40(7-13-43)54(76)84-24-51(73)87-28-57(27-79-20-2-3-47(66)39-4-14-45(15-5-39)60(31-80-35-62)32-81-36-63,29-88-52(74)25-85-55(77)41-8-16-44(17-9-41)59(22-49(69)70)23-50(71)72)30-89-53(75)26-86-56(78)42-10-18-46(19-11-42)61(33-82-37-64)34-83-38-65;1-30(14-25(34)35)23-6-2-21(3-7-23)28(38)45-15-26(36)43-12-10-40-11-13-44-27(37)16-46-29(39)22-4-8-24(9-5-22)31(17-41-19-32)18-42-20-33;/h4-19,35-38H,2-3,20-34H2,1H3,(H,67,68)(H,69,70)(H,71,72);2-9,19-20H,10-18H2,1H3,(H,34,35);1H4. The molecule has 4 N–H and O–H groups in total. The number of carboxylic acid groups (broad SMARTS) is 4. The lowest BCUT2D eigenvalue weighted by molar-refractivity contribution is -0.171. The van der Waals surface area contributed by atoms with Crippen LogP contribution in [0.4, 0.5) is 34.1 Å². The molecule has 0 spiro atoms. The van der Waals surface area contributed by atoms with Gasteiger partial charge in [-0.15, -0.1) is 0 Å². The van der Waals surface area contributed by atoms with Gasteiger partial charge in [0.1, 0.15) is 59.2 Å². The molecule has 0 heterocycles. The topological polar surface area (TPSA) is 625 Å². The van der Waals surface area contributed by atoms with Crippen molar-refractivity contribution in [2.24, 2.45) is 5.41 Å². The molecule has 0 radical (unpaired) electrons. The van der Waals surface area contributed by atoms with Gasteiger partial charge in [0.25, 0.3) is 38.8 Å². The summed E-state index contributed by atoms with van der Waals surface area (Å²) in [6.07, 6.45) is -0.103. The Kier molecular flexibility index (Phi) is 50.5. The number of likely N-dealkylation sites (N-methyl/N-ethyl adjacent to an activating group) is 2. The summed E-state index contributed by atoms with van der Waals surface area (Å²) in [6, 6.07) is 33.3. The lowest BCUT2D eigenvalue weighted by atomic mass is 9.92. The van der Waals surface area contributed by atoms with E-state index in [9.17, 15) is 111 Å². The van der Waals surface area contributed by atoms with Crippen molar-refractivity contribution in [3.63, 3.8) is 0 Å². The Hall–Kier alpha value is -16.9. The SMILES string of the molecule is C.CN(CC(=O)O)c1ccc(C(=O)OCC(=O)OCC(COCCCC(=O)c2ccc(N(COC=O)COC=O)cc2)(COC(=O)COC(=O)c2ccc(N(COC=O)COC=O)cc2)COC(=O)COC(=O)c2ccc(N(CC(=O)O)CC(=O)O)cc2)cc1.CN(CC(=O)O)c1ccc(C(=O)OCC(=O)OCCOCCOC(=O)COC(=O)c2ccc(N(COC=O)COC=O)cc2)cc1. The molecule has 49 nitrogen and oxygen atoms in total. The zero-order chi connectivity index (χ0) is 98.9. The molecule has 6 rings (SSSR count). The molecular formula is C87H96N6O43. The molecule has 0 aliphatic heterocycles. The van der Waals surface area contributed by atoms with Crippen LogP contribution < -0.4 is 29.4 Å². The number of Topliss-reactive ketones (excluding diaryl/α,β-unsaturated/α-hetero) is 1. The third-order valence-electron chi connectivity index (χ3n) is 17.5. The fraction of sp³-hybridized carbons (Fsp3) is 0.345. The van der Waals surface area contributed by atoms with Crippen molar-refractivity contribution in [2.75, 3.05) is 203 Å². The van der Waals surface area contributed by atoms with Gasteiger partial charge in [0.2, 0.25) is 0 Å². The van der Waals surface area contributed by atoms with Gasteiger partial charge < -0.3 is 135 Å². The highest BCUT2D eigenvalue weighted by atomic mass is 16.6. The van der Waals surface area contributed by atoms with Crippen LogP contribution in [0.2, 0.25) is 0 Å². The first-order valence-corrected chi connectivity index (χ1v) is 39.4. The summed E-state index contributed by atoms with van der Waals surface area (Å²) in [6.45, 7) is -10.6. The maximum Gasteiger partial charge on any atom is 0.344 e. The smallest absolute Gasteiger partial charge is 0.344 e. The largest absolute Gasteiger partial charge is 0.480 e. The Bertz CT molecular complexity index is 4890. The molecule has 0 bridgehead atoms. The molecule has 136 heavy (non-hydrogen) atoms. The predicted octanol–water partition coefficient (Wildman–Crippen LogP) is 2.51. The highest BCUT2D eigenvalue weighted by Gasteiger charge is 2.38. The van der Waals surface area contributed by atoms with Crippen molar-refractivity contribution >= 4 is 162 Å². The molecule has 6 aromatic rings. The highest BCUT2D eigenvalue weighted by molar-refractivity contribution is 5.97. The Morgan fingerprint density at radius 1 is 0.272 bits per heavy atom. The number of hydrogen-bond donors (Lipinski definition) is 4. The van der Waals surface area contributed by atoms with Crippen LogP contribution in [0.5, 0.6) is 0 Å². The fourth-order valence-electron chi connectivity index (χ4n) is 10.9. The number of carboxylic acids is 4. The lowest BCUT2D eigenvalue weighted by Crippen LogP contribution is -2.44. The third-order valence-corrected chi connectivity index (χ3v) is 17.5. The van der Waals surface area contributed by atoms with Crippen LogP contribution in [0.3, 0.4) is 0 Å². The maximum atomic E-state index is 13.3. The fourth-order valence-corrected chi connectivity index (χ4v) is 10.9. The number of anilines is 6. The number of ether oxygens (including phenoxy) is 18. The minimum Gasteiger partial charge on any atom is -0.480 e. The van der Waals surface area contributed by atoms with Gasteiger partial charge in [-0.3, -0.25) is 52.7 Å². The Morgan fingerprint density at radius 3 is 0.757 bits per heavy atom. The lowest BCUT2D eigenvalue weighted by Gasteiger charge is -2.32. The molecule has 0 aliphatic rings. The normalized spacial score (nSPS) is 10.7. The summed E-state index contributed by atoms with van der Waals surface area (Å²) in [7, 11) is 3.09. The first-order valence-electron chi connectivity index (χ1n) is 39.4. The van der Waals surface area contributed by atoms with E-state index in [1.54, 1.807) is 19.2 Å². The molecule has 49 heteroatoms. The number of hydrogen-bond acceptors (Lipinski definition) is 45. The summed E-state index contributed by atoms with van der Waals surface area (Å²) < 4.78 is 90.8. The number of esters is 10. The number of carbonyl (C=O) groups is 21. The minimum atomic E-state index is -1.92. The number of ketones is 1. The maximum absolute atomic E-state index is 13.3. The summed E-state index contributed by atoms with van der Waals surface area (Å²) in [5, 5.41) is 36.4. The van der Waals surface area contributed by atoms with Crippen LogP contribution in [0.25, 0.3) is 0 Å². The molecule has 0 aliphatic carbocycles. The minimum absolute atomic E-state index is 0. The summed E-state index contributed by atoms with van der Waals surface area (Å²) in [5.74, 6) is -15.1. The quantitative estimate of drug-likeness (QED) is 0.0106. The van der Waals surface area contributed by atoms with E-state index in [-0.39, 0.29) is 190 Å². The number of benzene rings is 6. The van der Waals surface area contributed by atoms with Gasteiger partial charge in [-0.05, 0) is 152 Å². The molecular weight excluding hydrogens is 1820 g/mol. The second-order valence-corrected chi connectivity index (χ2v) is 27.4. The van der Waals surface area contributed by atoms with E-state index in [2.05, 4.69) is 9.47 Å². The van der Waals surface area contributed by atoms with E-state index in [1.807, 2.05) is 0 Å². The first kappa shape index (κ1) is 111. The van der Waals surface area contributed by atoms with Gasteiger partial charge in [0, 0.05) is 66.8 Å². The molecule has 1 atom stereocenters. The van der Waals surface area contributed by atoms with E-state index in [0.717, 1.165) is 4.90 Å². The van der Waals surface area contributed by atoms with Crippen LogP contribution in [0.1, 0.15) is 82.4 Å². The average Bonchev–Trinajstić information content (AvgIpc) is 0.740. The third kappa shape index (κ3) is 42.3. The molecule has 0 fully saturated rings. The van der Waals surface area contributed by atoms with Crippen molar-refractivity contribution in [1.82, 2.24) is 0 Å². The van der Waals surface area contributed by atoms with Crippen molar-refractivity contribution in [3.8, 4) is 0 Å². The monoisotopic (exact) mass is 1910 g/mol. The van der Waals surface area contributed by atoms with Crippen LogP contribution in [-0.4, -0.2) is 322 Å². The van der Waals surface area contributed by atoms with Gasteiger partial charge in [-0.25, -0.2) is 47.9 Å². The Balaban J connectivity index is 0.000000689. The first-order chi connectivity index (χ1) is 64.8. The van der Waals surface area contributed by atoms with Crippen LogP contribution in [-0.2, 0) is 157 Å². The summed E-state index contributed by atoms with van der Waals surface area (Å²) >= 11 is 0. The molecule has 0 saturated carbocycles. The van der Waals surface area contributed by atoms with E-state index in [4.69, 9.17) is 86.0 Å². The number of rotatable bonds is 66. The summed E-state index contributed by atoms with van der Waals surface area (Å²) in [4.78, 5) is 257. The van der Waals surface area contributed by atoms with Gasteiger partial charge in [0.05, 0.1) is 53.1 Å². The second-order valence-electron chi connectivity index (χ2n) is 27.4. The van der Waals surface area contributed by atoms with Crippen molar-refractivity contribution in [2.45, 2.75) is 20.3 Å². The van der Waals surface area contributed by atoms with Crippen molar-refractivity contribution in [1.29, 1.82) is 0 Å². The van der Waals surface area contributed by atoms with Crippen LogP contribution >= 0.6 is 0 Å². The number of carbonyl (C=O) groups excluding carboxylic acids is 17. The molecule has 0 amide bonds. The van der Waals surface area contributed by atoms with Gasteiger partial charge in [-0.2, -0.15) is 0 Å². The van der Waals surface area contributed by atoms with E-state index in [0.29, 0.717) is 28.4 Å². The van der Waals surface area contributed by atoms with Gasteiger partial charge >= 0.3 is 83.6 Å². The molecule has 0 saturated heterocycles. The predicted molar refractivity (Wildman–Crippen MR) is 458 cm³/mol. The Morgan fingerprint density at radius 2 is 0.507 bits per heavy atom. The molecule has 732 valence electrons. The molecule has 1 unspecified atom stereocenters. The zero-order valence-electron chi connectivity index (χ0n) is 72.1. The highest BCUT2D eigenvalue weighted by Crippen LogP contribution is 2.26. The van der Waals surface area contributed by atoms with Gasteiger partial charge in [-0.1, -0.05) is 7.43 Å². The summed E-state index contributed by atoms with van der Waals surface area (Å²) in [5.41, 5.74) is 0.672. The number of nitrogens with zero attached hydrogens (tertiary/aromatic N) is 6. The van der Waals surface area contributed by atoms with Crippen LogP contribution in [0, 0.1) is 5.41 Å². The van der Waals surface area contributed by atoms with Crippen molar-refractivity contribution in [3.05, 3.63) is 179 Å². The van der Waals surface area contributed by atoms with Crippen LogP contribution in [0.15, 0.2) is 146 Å². The average molecular weight is 1910 g/mol. The van der Waals surface area contributed by atoms with E-state index in [1.165, 1.54) is 165 Å². The zero-order valence-corrected chi connectivity index (χ0v) is 72.1. The van der Waals surface area contributed by atoms with Gasteiger partial charge in [0.15, 0.2) is 79.2 Å². The Labute approximate surface area is 773 Å². The molecule has 0 aromatic heterocycles. The number of aliphatic carboxylic acids is 4.